The van der Waals surface area contributed by atoms with Crippen molar-refractivity contribution >= 4 is 5.91 Å². The third-order valence-electron chi connectivity index (χ3n) is 3.06. The number of methoxy groups -OCH3 is 1. The minimum atomic E-state index is -0.192. The number of aromatic hydroxyl groups is 1. The molecule has 5 nitrogen and oxygen atoms in total. The van der Waals surface area contributed by atoms with Crippen LogP contribution in [0.3, 0.4) is 0 Å². The van der Waals surface area contributed by atoms with Crippen LogP contribution in [-0.4, -0.2) is 48.8 Å². The van der Waals surface area contributed by atoms with Gasteiger partial charge in [0.05, 0.1) is 31.9 Å². The van der Waals surface area contributed by atoms with Crippen molar-refractivity contribution in [2.24, 2.45) is 0 Å². The van der Waals surface area contributed by atoms with E-state index in [-0.39, 0.29) is 23.3 Å². The van der Waals surface area contributed by atoms with Crippen molar-refractivity contribution in [3.63, 3.8) is 0 Å². The second kappa shape index (κ2) is 5.27. The Kier molecular flexibility index (Phi) is 3.72. The smallest absolute Gasteiger partial charge is 0.258 e. The first-order valence-electron chi connectivity index (χ1n) is 5.89. The lowest BCUT2D eigenvalue weighted by Gasteiger charge is -2.33. The maximum Gasteiger partial charge on any atom is 0.258 e. The minimum absolute atomic E-state index is 0.0110. The third kappa shape index (κ3) is 2.41. The maximum atomic E-state index is 12.4. The predicted octanol–water partition coefficient (Wildman–Crippen LogP) is 1.26. The molecule has 0 radical (unpaired) electrons. The van der Waals surface area contributed by atoms with Crippen LogP contribution >= 0.6 is 0 Å². The minimum Gasteiger partial charge on any atom is -0.507 e. The average Bonchev–Trinajstić information content (AvgIpc) is 2.39. The highest BCUT2D eigenvalue weighted by molar-refractivity contribution is 5.97. The lowest BCUT2D eigenvalue weighted by molar-refractivity contribution is 0.00343. The number of benzene rings is 1. The molecule has 1 amide bonds. The van der Waals surface area contributed by atoms with Crippen molar-refractivity contribution in [2.75, 3.05) is 26.9 Å². The monoisotopic (exact) mass is 251 g/mol. The van der Waals surface area contributed by atoms with Gasteiger partial charge in [-0.05, 0) is 25.1 Å². The SMILES string of the molecule is COc1ccc(O)c(C(=O)N2CCOCC2C)c1. The highest BCUT2D eigenvalue weighted by Gasteiger charge is 2.26. The van der Waals surface area contributed by atoms with E-state index in [0.717, 1.165) is 0 Å². The van der Waals surface area contributed by atoms with E-state index in [1.54, 1.807) is 17.0 Å². The van der Waals surface area contributed by atoms with Crippen LogP contribution in [0.25, 0.3) is 0 Å². The van der Waals surface area contributed by atoms with Crippen LogP contribution < -0.4 is 4.74 Å². The molecule has 1 heterocycles. The number of carbonyl (C=O) groups is 1. The fourth-order valence-corrected chi connectivity index (χ4v) is 2.00. The van der Waals surface area contributed by atoms with E-state index in [4.69, 9.17) is 9.47 Å². The molecule has 1 N–H and O–H groups in total. The van der Waals surface area contributed by atoms with E-state index in [9.17, 15) is 9.90 Å². The van der Waals surface area contributed by atoms with Crippen LogP contribution in [0.5, 0.6) is 11.5 Å². The lowest BCUT2D eigenvalue weighted by atomic mass is 10.1. The van der Waals surface area contributed by atoms with E-state index >= 15 is 0 Å². The molecular formula is C13H17NO4. The number of ether oxygens (including phenoxy) is 2. The Hall–Kier alpha value is -1.75. The summed E-state index contributed by atoms with van der Waals surface area (Å²) in [5, 5.41) is 9.78. The van der Waals surface area contributed by atoms with Gasteiger partial charge in [-0.3, -0.25) is 4.79 Å². The molecule has 2 rings (SSSR count). The van der Waals surface area contributed by atoms with Crippen LogP contribution in [0.2, 0.25) is 0 Å². The molecule has 1 aliphatic rings. The Morgan fingerprint density at radius 3 is 3.00 bits per heavy atom. The molecule has 1 unspecified atom stereocenters. The summed E-state index contributed by atoms with van der Waals surface area (Å²) < 4.78 is 10.4. The number of phenols is 1. The molecule has 0 aliphatic carbocycles. The van der Waals surface area contributed by atoms with E-state index in [2.05, 4.69) is 0 Å². The summed E-state index contributed by atoms with van der Waals surface area (Å²) in [6, 6.07) is 4.66. The van der Waals surface area contributed by atoms with Crippen molar-refractivity contribution in [3.05, 3.63) is 23.8 Å². The van der Waals surface area contributed by atoms with Gasteiger partial charge in [0.25, 0.3) is 5.91 Å². The standard InChI is InChI=1S/C13H17NO4/c1-9-8-18-6-5-14(9)13(16)11-7-10(17-2)3-4-12(11)15/h3-4,7,9,15H,5-6,8H2,1-2H3. The zero-order chi connectivity index (χ0) is 13.1. The summed E-state index contributed by atoms with van der Waals surface area (Å²) in [6.45, 7) is 3.52. The number of rotatable bonds is 2. The van der Waals surface area contributed by atoms with Gasteiger partial charge in [0.1, 0.15) is 11.5 Å². The van der Waals surface area contributed by atoms with Crippen molar-refractivity contribution in [3.8, 4) is 11.5 Å². The van der Waals surface area contributed by atoms with Crippen molar-refractivity contribution < 1.29 is 19.4 Å². The topological polar surface area (TPSA) is 59.0 Å². The zero-order valence-electron chi connectivity index (χ0n) is 10.5. The molecule has 18 heavy (non-hydrogen) atoms. The zero-order valence-corrected chi connectivity index (χ0v) is 10.5. The van der Waals surface area contributed by atoms with Crippen molar-refractivity contribution in [1.29, 1.82) is 0 Å². The molecule has 1 atom stereocenters. The van der Waals surface area contributed by atoms with Gasteiger partial charge in [0.2, 0.25) is 0 Å². The van der Waals surface area contributed by atoms with Gasteiger partial charge in [-0.2, -0.15) is 0 Å². The number of nitrogens with zero attached hydrogens (tertiary/aromatic N) is 1. The normalized spacial score (nSPS) is 19.7. The van der Waals surface area contributed by atoms with Gasteiger partial charge in [0, 0.05) is 6.54 Å². The molecule has 1 saturated heterocycles. The highest BCUT2D eigenvalue weighted by atomic mass is 16.5. The maximum absolute atomic E-state index is 12.4. The molecule has 0 saturated carbocycles. The molecule has 0 spiro atoms. The quantitative estimate of drug-likeness (QED) is 0.859. The molecule has 0 aromatic heterocycles. The highest BCUT2D eigenvalue weighted by Crippen LogP contribution is 2.25. The van der Waals surface area contributed by atoms with E-state index < -0.39 is 0 Å². The molecule has 1 aromatic rings. The predicted molar refractivity (Wildman–Crippen MR) is 66.0 cm³/mol. The molecule has 1 aromatic carbocycles. The third-order valence-corrected chi connectivity index (χ3v) is 3.06. The van der Waals surface area contributed by atoms with E-state index in [1.165, 1.54) is 13.2 Å². The van der Waals surface area contributed by atoms with Gasteiger partial charge < -0.3 is 19.5 Å². The average molecular weight is 251 g/mol. The first-order valence-corrected chi connectivity index (χ1v) is 5.89. The molecule has 1 fully saturated rings. The van der Waals surface area contributed by atoms with Crippen molar-refractivity contribution in [1.82, 2.24) is 4.90 Å². The molecule has 5 heteroatoms. The Bertz CT molecular complexity index is 447. The number of hydrogen-bond donors (Lipinski definition) is 1. The first-order chi connectivity index (χ1) is 8.63. The summed E-state index contributed by atoms with van der Waals surface area (Å²) in [5.41, 5.74) is 0.267. The molecule has 1 aliphatic heterocycles. The number of morpholine rings is 1. The number of phenolic OH excluding ortho intramolecular Hbond substituents is 1. The lowest BCUT2D eigenvalue weighted by Crippen LogP contribution is -2.47. The summed E-state index contributed by atoms with van der Waals surface area (Å²) in [5.74, 6) is 0.332. The fraction of sp³-hybridized carbons (Fsp3) is 0.462. The van der Waals surface area contributed by atoms with Gasteiger partial charge in [0.15, 0.2) is 0 Å². The van der Waals surface area contributed by atoms with E-state index in [0.29, 0.717) is 25.5 Å². The second-order valence-corrected chi connectivity index (χ2v) is 4.31. The van der Waals surface area contributed by atoms with Crippen LogP contribution in [0, 0.1) is 0 Å². The first kappa shape index (κ1) is 12.7. The Morgan fingerprint density at radius 1 is 1.56 bits per heavy atom. The summed E-state index contributed by atoms with van der Waals surface area (Å²) >= 11 is 0. The van der Waals surface area contributed by atoms with Crippen LogP contribution in [-0.2, 0) is 4.74 Å². The Morgan fingerprint density at radius 2 is 2.33 bits per heavy atom. The molecule has 0 bridgehead atoms. The van der Waals surface area contributed by atoms with Gasteiger partial charge in [-0.1, -0.05) is 0 Å². The van der Waals surface area contributed by atoms with Crippen LogP contribution in [0.15, 0.2) is 18.2 Å². The van der Waals surface area contributed by atoms with Gasteiger partial charge >= 0.3 is 0 Å². The summed E-state index contributed by atoms with van der Waals surface area (Å²) in [6.07, 6.45) is 0. The van der Waals surface area contributed by atoms with Crippen LogP contribution in [0.4, 0.5) is 0 Å². The molecular weight excluding hydrogens is 234 g/mol. The van der Waals surface area contributed by atoms with Crippen molar-refractivity contribution in [2.45, 2.75) is 13.0 Å². The second-order valence-electron chi connectivity index (χ2n) is 4.31. The number of carbonyl (C=O) groups excluding carboxylic acids is 1. The van der Waals surface area contributed by atoms with Gasteiger partial charge in [-0.25, -0.2) is 0 Å². The number of amides is 1. The fourth-order valence-electron chi connectivity index (χ4n) is 2.00. The number of hydrogen-bond acceptors (Lipinski definition) is 4. The molecule has 98 valence electrons. The Labute approximate surface area is 106 Å². The van der Waals surface area contributed by atoms with E-state index in [1.807, 2.05) is 6.92 Å². The summed E-state index contributed by atoms with van der Waals surface area (Å²) in [4.78, 5) is 14.1. The summed E-state index contributed by atoms with van der Waals surface area (Å²) in [7, 11) is 1.53. The largest absolute Gasteiger partial charge is 0.507 e. The van der Waals surface area contributed by atoms with Crippen LogP contribution in [0.1, 0.15) is 17.3 Å². The Balaban J connectivity index is 2.27. The van der Waals surface area contributed by atoms with Gasteiger partial charge in [-0.15, -0.1) is 0 Å².